The number of hydrogen-bond donors (Lipinski definition) is 1. The molecule has 0 saturated carbocycles. The summed E-state index contributed by atoms with van der Waals surface area (Å²) >= 11 is 1.33. The van der Waals surface area contributed by atoms with Gasteiger partial charge >= 0.3 is 0 Å². The summed E-state index contributed by atoms with van der Waals surface area (Å²) in [5, 5.41) is 7.13. The third-order valence-corrected chi connectivity index (χ3v) is 5.16. The summed E-state index contributed by atoms with van der Waals surface area (Å²) in [6, 6.07) is 16.9. The SMILES string of the molecule is Cn1nc(-c2ccccc2)cc1-c1ccc(C(=O)Nc2ccncc2F)s1. The van der Waals surface area contributed by atoms with E-state index in [1.54, 1.807) is 10.7 Å². The molecule has 0 saturated heterocycles. The number of amides is 1. The van der Waals surface area contributed by atoms with Crippen molar-refractivity contribution < 1.29 is 9.18 Å². The zero-order chi connectivity index (χ0) is 18.8. The van der Waals surface area contributed by atoms with Crippen molar-refractivity contribution in [2.24, 2.45) is 7.05 Å². The van der Waals surface area contributed by atoms with E-state index in [9.17, 15) is 9.18 Å². The van der Waals surface area contributed by atoms with Crippen LogP contribution < -0.4 is 5.32 Å². The lowest BCUT2D eigenvalue weighted by Crippen LogP contribution is -2.11. The van der Waals surface area contributed by atoms with Crippen LogP contribution in [0.3, 0.4) is 0 Å². The van der Waals surface area contributed by atoms with Gasteiger partial charge in [-0.2, -0.15) is 5.10 Å². The molecule has 4 aromatic rings. The van der Waals surface area contributed by atoms with Gasteiger partial charge in [0, 0.05) is 18.8 Å². The predicted octanol–water partition coefficient (Wildman–Crippen LogP) is 4.60. The number of benzene rings is 1. The fourth-order valence-electron chi connectivity index (χ4n) is 2.71. The molecule has 4 rings (SSSR count). The van der Waals surface area contributed by atoms with Gasteiger partial charge < -0.3 is 5.32 Å². The zero-order valence-electron chi connectivity index (χ0n) is 14.4. The summed E-state index contributed by atoms with van der Waals surface area (Å²) < 4.78 is 15.5. The Morgan fingerprint density at radius 3 is 2.74 bits per heavy atom. The van der Waals surface area contributed by atoms with Crippen molar-refractivity contribution in [2.45, 2.75) is 0 Å². The van der Waals surface area contributed by atoms with E-state index in [-0.39, 0.29) is 11.6 Å². The quantitative estimate of drug-likeness (QED) is 0.564. The number of aromatic nitrogens is 3. The number of aryl methyl sites for hydroxylation is 1. The fraction of sp³-hybridized carbons (Fsp3) is 0.0500. The van der Waals surface area contributed by atoms with Crippen LogP contribution >= 0.6 is 11.3 Å². The van der Waals surface area contributed by atoms with Crippen molar-refractivity contribution in [1.29, 1.82) is 0 Å². The van der Waals surface area contributed by atoms with E-state index in [0.717, 1.165) is 28.0 Å². The van der Waals surface area contributed by atoms with Crippen molar-refractivity contribution in [3.8, 4) is 21.8 Å². The number of rotatable bonds is 4. The summed E-state index contributed by atoms with van der Waals surface area (Å²) in [4.78, 5) is 17.5. The minimum absolute atomic E-state index is 0.108. The first-order valence-corrected chi connectivity index (χ1v) is 9.04. The van der Waals surface area contributed by atoms with E-state index in [1.165, 1.54) is 23.6 Å². The lowest BCUT2D eigenvalue weighted by atomic mass is 10.1. The molecule has 3 heterocycles. The van der Waals surface area contributed by atoms with Crippen molar-refractivity contribution in [3.05, 3.63) is 77.7 Å². The normalized spacial score (nSPS) is 10.7. The highest BCUT2D eigenvalue weighted by Crippen LogP contribution is 2.31. The maximum Gasteiger partial charge on any atom is 0.265 e. The molecule has 0 unspecified atom stereocenters. The van der Waals surface area contributed by atoms with E-state index in [4.69, 9.17) is 0 Å². The van der Waals surface area contributed by atoms with E-state index in [1.807, 2.05) is 49.5 Å². The maximum atomic E-state index is 13.7. The number of hydrogen-bond acceptors (Lipinski definition) is 4. The molecule has 5 nitrogen and oxygen atoms in total. The Balaban J connectivity index is 1.59. The molecule has 0 spiro atoms. The van der Waals surface area contributed by atoms with Crippen LogP contribution in [-0.4, -0.2) is 20.7 Å². The Morgan fingerprint density at radius 2 is 1.96 bits per heavy atom. The second-order valence-corrected chi connectivity index (χ2v) is 6.96. The van der Waals surface area contributed by atoms with Crippen LogP contribution in [-0.2, 0) is 7.05 Å². The van der Waals surface area contributed by atoms with Gasteiger partial charge in [-0.25, -0.2) is 4.39 Å². The van der Waals surface area contributed by atoms with Gasteiger partial charge in [0.05, 0.1) is 33.0 Å². The minimum atomic E-state index is -0.568. The minimum Gasteiger partial charge on any atom is -0.319 e. The number of pyridine rings is 1. The third-order valence-electron chi connectivity index (χ3n) is 4.05. The first kappa shape index (κ1) is 17.1. The van der Waals surface area contributed by atoms with Crippen molar-refractivity contribution in [2.75, 3.05) is 5.32 Å². The Bertz CT molecular complexity index is 1100. The summed E-state index contributed by atoms with van der Waals surface area (Å²) in [7, 11) is 1.87. The molecule has 0 radical (unpaired) electrons. The predicted molar refractivity (Wildman–Crippen MR) is 104 cm³/mol. The van der Waals surface area contributed by atoms with Gasteiger partial charge in [-0.1, -0.05) is 30.3 Å². The van der Waals surface area contributed by atoms with Crippen molar-refractivity contribution in [1.82, 2.24) is 14.8 Å². The molecule has 3 aromatic heterocycles. The number of carbonyl (C=O) groups excluding carboxylic acids is 1. The Labute approximate surface area is 159 Å². The van der Waals surface area contributed by atoms with Gasteiger partial charge in [0.15, 0.2) is 5.82 Å². The van der Waals surface area contributed by atoms with E-state index < -0.39 is 5.82 Å². The van der Waals surface area contributed by atoms with Gasteiger partial charge in [0.2, 0.25) is 0 Å². The molecular weight excluding hydrogens is 363 g/mol. The van der Waals surface area contributed by atoms with Crippen LogP contribution in [0.1, 0.15) is 9.67 Å². The molecule has 0 aliphatic carbocycles. The Morgan fingerprint density at radius 1 is 1.15 bits per heavy atom. The number of nitrogens with one attached hydrogen (secondary N) is 1. The third kappa shape index (κ3) is 3.50. The average Bonchev–Trinajstić information content (AvgIpc) is 3.31. The van der Waals surface area contributed by atoms with Crippen molar-refractivity contribution >= 4 is 22.9 Å². The van der Waals surface area contributed by atoms with Gasteiger partial charge in [-0.05, 0) is 24.3 Å². The fourth-order valence-corrected chi connectivity index (χ4v) is 3.65. The second kappa shape index (κ2) is 7.13. The van der Waals surface area contributed by atoms with Crippen LogP contribution in [0.15, 0.2) is 67.0 Å². The molecule has 0 aliphatic rings. The molecule has 0 fully saturated rings. The number of halogens is 1. The van der Waals surface area contributed by atoms with Crippen LogP contribution in [0.4, 0.5) is 10.1 Å². The molecular formula is C20H15FN4OS. The van der Waals surface area contributed by atoms with Crippen LogP contribution in [0.2, 0.25) is 0 Å². The molecule has 0 bridgehead atoms. The standard InChI is InChI=1S/C20H15FN4OS/c1-25-17(11-16(24-25)13-5-3-2-4-6-13)18-7-8-19(27-18)20(26)23-15-9-10-22-12-14(15)21/h2-12H,1H3,(H,22,23,26). The van der Waals surface area contributed by atoms with Gasteiger partial charge in [-0.3, -0.25) is 14.5 Å². The number of carbonyl (C=O) groups is 1. The Kier molecular flexibility index (Phi) is 4.52. The maximum absolute atomic E-state index is 13.7. The first-order chi connectivity index (χ1) is 13.1. The van der Waals surface area contributed by atoms with Gasteiger partial charge in [0.1, 0.15) is 0 Å². The molecule has 1 amide bonds. The largest absolute Gasteiger partial charge is 0.319 e. The average molecular weight is 378 g/mol. The lowest BCUT2D eigenvalue weighted by molar-refractivity contribution is 0.103. The Hall–Kier alpha value is -3.32. The zero-order valence-corrected chi connectivity index (χ0v) is 15.2. The topological polar surface area (TPSA) is 59.8 Å². The summed E-state index contributed by atoms with van der Waals surface area (Å²) in [6.07, 6.45) is 2.50. The molecule has 27 heavy (non-hydrogen) atoms. The van der Waals surface area contributed by atoms with Crippen LogP contribution in [0.5, 0.6) is 0 Å². The molecule has 1 aromatic carbocycles. The lowest BCUT2D eigenvalue weighted by Gasteiger charge is -2.03. The summed E-state index contributed by atoms with van der Waals surface area (Å²) in [5.41, 5.74) is 2.92. The van der Waals surface area contributed by atoms with E-state index >= 15 is 0 Å². The molecule has 134 valence electrons. The van der Waals surface area contributed by atoms with Crippen LogP contribution in [0.25, 0.3) is 21.8 Å². The molecule has 0 aliphatic heterocycles. The molecule has 7 heteroatoms. The first-order valence-electron chi connectivity index (χ1n) is 8.22. The van der Waals surface area contributed by atoms with Gasteiger partial charge in [-0.15, -0.1) is 11.3 Å². The highest BCUT2D eigenvalue weighted by atomic mass is 32.1. The van der Waals surface area contributed by atoms with E-state index in [0.29, 0.717) is 4.88 Å². The molecule has 1 N–H and O–H groups in total. The molecule has 0 atom stereocenters. The smallest absolute Gasteiger partial charge is 0.265 e. The highest BCUT2D eigenvalue weighted by molar-refractivity contribution is 7.17. The van der Waals surface area contributed by atoms with Crippen molar-refractivity contribution in [3.63, 3.8) is 0 Å². The number of anilines is 1. The second-order valence-electron chi connectivity index (χ2n) is 5.88. The van der Waals surface area contributed by atoms with Gasteiger partial charge in [0.25, 0.3) is 5.91 Å². The number of nitrogens with zero attached hydrogens (tertiary/aromatic N) is 3. The highest BCUT2D eigenvalue weighted by Gasteiger charge is 2.15. The summed E-state index contributed by atoms with van der Waals surface area (Å²) in [6.45, 7) is 0. The number of thiophene rings is 1. The monoisotopic (exact) mass is 378 g/mol. The van der Waals surface area contributed by atoms with E-state index in [2.05, 4.69) is 15.4 Å². The van der Waals surface area contributed by atoms with Crippen LogP contribution in [0, 0.1) is 5.82 Å². The summed E-state index contributed by atoms with van der Waals surface area (Å²) in [5.74, 6) is -0.927.